The molecule has 0 bridgehead atoms. The normalized spacial score (nSPS) is 18.6. The fourth-order valence-corrected chi connectivity index (χ4v) is 4.22. The lowest BCUT2D eigenvalue weighted by Gasteiger charge is -2.14. The van der Waals surface area contributed by atoms with E-state index in [0.717, 1.165) is 32.4 Å². The predicted octanol–water partition coefficient (Wildman–Crippen LogP) is 4.28. The molecule has 1 aliphatic heterocycles. The van der Waals surface area contributed by atoms with E-state index in [1.54, 1.807) is 0 Å². The number of rotatable bonds is 4. The zero-order valence-corrected chi connectivity index (χ0v) is 18.7. The molecule has 1 saturated carbocycles. The van der Waals surface area contributed by atoms with Gasteiger partial charge >= 0.3 is 6.18 Å². The Kier molecular flexibility index (Phi) is 5.78. The molecule has 2 fully saturated rings. The molecule has 9 heteroatoms. The molecular formula is C25H24F3N5O. The zero-order valence-electron chi connectivity index (χ0n) is 18.7. The predicted molar refractivity (Wildman–Crippen MR) is 124 cm³/mol. The van der Waals surface area contributed by atoms with Gasteiger partial charge in [0, 0.05) is 29.7 Å². The average Bonchev–Trinajstić information content (AvgIpc) is 3.53. The molecular weight excluding hydrogens is 443 g/mol. The molecule has 1 unspecified atom stereocenters. The Bertz CT molecular complexity index is 1330. The van der Waals surface area contributed by atoms with Gasteiger partial charge in [0.15, 0.2) is 0 Å². The summed E-state index contributed by atoms with van der Waals surface area (Å²) in [6.07, 6.45) is -0.146. The second kappa shape index (κ2) is 8.76. The molecule has 0 radical (unpaired) electrons. The van der Waals surface area contributed by atoms with Crippen molar-refractivity contribution in [1.29, 1.82) is 0 Å². The first-order valence-corrected chi connectivity index (χ1v) is 11.3. The van der Waals surface area contributed by atoms with Crippen LogP contribution in [-0.4, -0.2) is 45.7 Å². The van der Waals surface area contributed by atoms with Crippen LogP contribution in [0.3, 0.4) is 0 Å². The lowest BCUT2D eigenvalue weighted by molar-refractivity contribution is -0.140. The first kappa shape index (κ1) is 22.4. The van der Waals surface area contributed by atoms with Gasteiger partial charge in [-0.3, -0.25) is 9.36 Å². The van der Waals surface area contributed by atoms with Gasteiger partial charge in [-0.25, -0.2) is 4.98 Å². The van der Waals surface area contributed by atoms with Crippen LogP contribution in [0.1, 0.15) is 36.3 Å². The number of alkyl halides is 3. The monoisotopic (exact) mass is 467 g/mol. The van der Waals surface area contributed by atoms with Crippen molar-refractivity contribution >= 4 is 22.7 Å². The van der Waals surface area contributed by atoms with Crippen molar-refractivity contribution in [3.63, 3.8) is 0 Å². The maximum absolute atomic E-state index is 13.3. The number of benzene rings is 1. The molecule has 1 atom stereocenters. The third-order valence-electron chi connectivity index (χ3n) is 6.18. The zero-order chi connectivity index (χ0) is 23.9. The van der Waals surface area contributed by atoms with Crippen molar-refractivity contribution in [2.75, 3.05) is 25.5 Å². The second-order valence-corrected chi connectivity index (χ2v) is 9.08. The number of aromatic nitrogens is 3. The maximum atomic E-state index is 13.3. The summed E-state index contributed by atoms with van der Waals surface area (Å²) in [5.74, 6) is 6.52. The highest BCUT2D eigenvalue weighted by Gasteiger charge is 2.30. The van der Waals surface area contributed by atoms with E-state index < -0.39 is 18.3 Å². The van der Waals surface area contributed by atoms with Crippen molar-refractivity contribution in [3.8, 4) is 11.8 Å². The second-order valence-electron chi connectivity index (χ2n) is 9.08. The van der Waals surface area contributed by atoms with E-state index in [0.29, 0.717) is 21.6 Å². The fourth-order valence-electron chi connectivity index (χ4n) is 4.22. The summed E-state index contributed by atoms with van der Waals surface area (Å²) in [6, 6.07) is 9.35. The van der Waals surface area contributed by atoms with E-state index in [1.165, 1.54) is 17.8 Å². The molecule has 1 N–H and O–H groups in total. The Hall–Kier alpha value is -3.38. The van der Waals surface area contributed by atoms with Crippen LogP contribution < -0.4 is 10.9 Å². The van der Waals surface area contributed by atoms with Gasteiger partial charge in [0.05, 0.1) is 5.56 Å². The number of fused-ring (bicyclic) bond motifs is 1. The van der Waals surface area contributed by atoms with Crippen LogP contribution in [0.5, 0.6) is 0 Å². The summed E-state index contributed by atoms with van der Waals surface area (Å²) in [4.78, 5) is 23.6. The Labute approximate surface area is 194 Å². The number of likely N-dealkylation sites (tertiary alicyclic amines) is 1. The molecule has 5 rings (SSSR count). The smallest absolute Gasteiger partial charge is 0.324 e. The highest BCUT2D eigenvalue weighted by atomic mass is 19.4. The minimum absolute atomic E-state index is 0.0288. The molecule has 34 heavy (non-hydrogen) atoms. The number of likely N-dealkylation sites (N-methyl/N-ethyl adjacent to an activating group) is 1. The number of pyridine rings is 1. The average molecular weight is 467 g/mol. The Morgan fingerprint density at radius 3 is 2.59 bits per heavy atom. The summed E-state index contributed by atoms with van der Waals surface area (Å²) in [6.45, 7) is 0.648. The first-order valence-electron chi connectivity index (χ1n) is 11.3. The number of nitrogens with one attached hydrogen (secondary N) is 1. The van der Waals surface area contributed by atoms with Crippen LogP contribution in [0.15, 0.2) is 41.3 Å². The van der Waals surface area contributed by atoms with Crippen LogP contribution in [0, 0.1) is 17.8 Å². The molecule has 1 saturated heterocycles. The Morgan fingerprint density at radius 2 is 1.94 bits per heavy atom. The molecule has 0 spiro atoms. The molecule has 176 valence electrons. The summed E-state index contributed by atoms with van der Waals surface area (Å²) >= 11 is 0. The number of halogens is 3. The van der Waals surface area contributed by atoms with Gasteiger partial charge in [-0.1, -0.05) is 24.0 Å². The molecule has 3 heterocycles. The lowest BCUT2D eigenvalue weighted by Crippen LogP contribution is -2.30. The van der Waals surface area contributed by atoms with Gasteiger partial charge in [-0.05, 0) is 62.5 Å². The number of anilines is 2. The van der Waals surface area contributed by atoms with E-state index in [2.05, 4.69) is 39.1 Å². The van der Waals surface area contributed by atoms with Crippen LogP contribution in [0.4, 0.5) is 24.8 Å². The van der Waals surface area contributed by atoms with Crippen molar-refractivity contribution in [3.05, 3.63) is 58.0 Å². The number of hydrogen-bond donors (Lipinski definition) is 1. The van der Waals surface area contributed by atoms with E-state index in [1.807, 2.05) is 24.3 Å². The molecule has 3 aromatic rings. The maximum Gasteiger partial charge on any atom is 0.406 e. The van der Waals surface area contributed by atoms with E-state index in [4.69, 9.17) is 0 Å². The molecule has 1 aromatic carbocycles. The lowest BCUT2D eigenvalue weighted by atomic mass is 9.98. The summed E-state index contributed by atoms with van der Waals surface area (Å²) < 4.78 is 40.5. The number of hydrogen-bond acceptors (Lipinski definition) is 5. The van der Waals surface area contributed by atoms with Crippen LogP contribution in [0.25, 0.3) is 11.0 Å². The van der Waals surface area contributed by atoms with Gasteiger partial charge in [-0.2, -0.15) is 18.2 Å². The van der Waals surface area contributed by atoms with Crippen LogP contribution in [0.2, 0.25) is 0 Å². The largest absolute Gasteiger partial charge is 0.406 e. The highest BCUT2D eigenvalue weighted by molar-refractivity contribution is 5.77. The molecule has 6 nitrogen and oxygen atoms in total. The fraction of sp³-hybridized carbons (Fsp3) is 0.400. The van der Waals surface area contributed by atoms with Gasteiger partial charge in [0.25, 0.3) is 5.56 Å². The molecule has 2 aliphatic rings. The van der Waals surface area contributed by atoms with Gasteiger partial charge in [-0.15, -0.1) is 0 Å². The van der Waals surface area contributed by atoms with Crippen molar-refractivity contribution in [2.24, 2.45) is 5.92 Å². The number of nitrogens with zero attached hydrogens (tertiary/aromatic N) is 4. The standard InChI is InChI=1S/C25H24F3N5O/c1-32-11-10-19(14-32)17-6-8-21(9-7-17)30-24-29-13-20-12-18(5-4-16-2-3-16)23(34)33(22(20)31-24)15-25(26,27)28/h6-9,12-13,16,19H,2-3,10-11,14-15H2,1H3,(H,29,30,31). The van der Waals surface area contributed by atoms with Crippen LogP contribution >= 0.6 is 0 Å². The van der Waals surface area contributed by atoms with E-state index in [-0.39, 0.29) is 23.1 Å². The molecule has 2 aromatic heterocycles. The molecule has 0 amide bonds. The van der Waals surface area contributed by atoms with Gasteiger partial charge in [0.1, 0.15) is 12.2 Å². The topological polar surface area (TPSA) is 63.1 Å². The van der Waals surface area contributed by atoms with Crippen molar-refractivity contribution in [2.45, 2.75) is 37.9 Å². The van der Waals surface area contributed by atoms with Gasteiger partial charge in [0.2, 0.25) is 5.95 Å². The Balaban J connectivity index is 1.46. The summed E-state index contributed by atoms with van der Waals surface area (Å²) in [5, 5.41) is 3.37. The quantitative estimate of drug-likeness (QED) is 0.581. The minimum atomic E-state index is -4.58. The van der Waals surface area contributed by atoms with Crippen molar-refractivity contribution < 1.29 is 13.2 Å². The Morgan fingerprint density at radius 1 is 1.18 bits per heavy atom. The van der Waals surface area contributed by atoms with E-state index in [9.17, 15) is 18.0 Å². The van der Waals surface area contributed by atoms with Crippen molar-refractivity contribution in [1.82, 2.24) is 19.4 Å². The van der Waals surface area contributed by atoms with Gasteiger partial charge < -0.3 is 10.2 Å². The van der Waals surface area contributed by atoms with E-state index >= 15 is 0 Å². The molecule has 1 aliphatic carbocycles. The third kappa shape index (κ3) is 5.07. The SMILES string of the molecule is CN1CCC(c2ccc(Nc3ncc4cc(C#CC5CC5)c(=O)n(CC(F)(F)F)c4n3)cc2)C1. The first-order chi connectivity index (χ1) is 16.2. The summed E-state index contributed by atoms with van der Waals surface area (Å²) in [7, 11) is 2.11. The highest BCUT2D eigenvalue weighted by Crippen LogP contribution is 2.29. The summed E-state index contributed by atoms with van der Waals surface area (Å²) in [5.41, 5.74) is 1.11. The van der Waals surface area contributed by atoms with Crippen LogP contribution in [-0.2, 0) is 6.54 Å². The third-order valence-corrected chi connectivity index (χ3v) is 6.18. The minimum Gasteiger partial charge on any atom is -0.324 e.